The van der Waals surface area contributed by atoms with Gasteiger partial charge in [0.05, 0.1) is 0 Å². The van der Waals surface area contributed by atoms with Gasteiger partial charge in [-0.1, -0.05) is 56.3 Å². The SMILES string of the molecule is CC(C)C(=O)N[C@H](Cc1cccc(OCc2ccccc2)c1)C(N)=O. The maximum Gasteiger partial charge on any atom is 0.240 e. The Labute approximate surface area is 148 Å². The third-order valence-electron chi connectivity index (χ3n) is 3.77. The van der Waals surface area contributed by atoms with Crippen LogP contribution in [0.1, 0.15) is 25.0 Å². The summed E-state index contributed by atoms with van der Waals surface area (Å²) < 4.78 is 5.79. The first kappa shape index (κ1) is 18.5. The number of hydrogen-bond acceptors (Lipinski definition) is 3. The highest BCUT2D eigenvalue weighted by atomic mass is 16.5. The van der Waals surface area contributed by atoms with Gasteiger partial charge in [-0.25, -0.2) is 0 Å². The maximum atomic E-state index is 11.8. The summed E-state index contributed by atoms with van der Waals surface area (Å²) in [6.07, 6.45) is 0.330. The van der Waals surface area contributed by atoms with E-state index >= 15 is 0 Å². The smallest absolute Gasteiger partial charge is 0.240 e. The number of hydrogen-bond donors (Lipinski definition) is 2. The van der Waals surface area contributed by atoms with Gasteiger partial charge in [0.1, 0.15) is 18.4 Å². The third kappa shape index (κ3) is 5.95. The van der Waals surface area contributed by atoms with Gasteiger partial charge in [-0.3, -0.25) is 9.59 Å². The minimum absolute atomic E-state index is 0.194. The molecule has 25 heavy (non-hydrogen) atoms. The van der Waals surface area contributed by atoms with Crippen LogP contribution in [0.5, 0.6) is 5.75 Å². The van der Waals surface area contributed by atoms with E-state index in [1.807, 2.05) is 54.6 Å². The molecule has 0 saturated carbocycles. The van der Waals surface area contributed by atoms with Crippen LogP contribution in [0.3, 0.4) is 0 Å². The van der Waals surface area contributed by atoms with Gasteiger partial charge in [0.25, 0.3) is 0 Å². The molecule has 0 heterocycles. The van der Waals surface area contributed by atoms with Crippen molar-refractivity contribution in [2.75, 3.05) is 0 Å². The van der Waals surface area contributed by atoms with E-state index in [1.165, 1.54) is 0 Å². The zero-order valence-electron chi connectivity index (χ0n) is 14.6. The summed E-state index contributed by atoms with van der Waals surface area (Å²) in [5.74, 6) is -0.243. The van der Waals surface area contributed by atoms with Gasteiger partial charge in [0.2, 0.25) is 11.8 Å². The zero-order valence-corrected chi connectivity index (χ0v) is 14.6. The summed E-state index contributed by atoms with van der Waals surface area (Å²) in [5, 5.41) is 2.69. The number of nitrogens with one attached hydrogen (secondary N) is 1. The Kier molecular flexibility index (Phi) is 6.57. The van der Waals surface area contributed by atoms with Crippen molar-refractivity contribution >= 4 is 11.8 Å². The van der Waals surface area contributed by atoms with E-state index in [4.69, 9.17) is 10.5 Å². The first-order valence-electron chi connectivity index (χ1n) is 8.31. The van der Waals surface area contributed by atoms with E-state index in [2.05, 4.69) is 5.32 Å². The van der Waals surface area contributed by atoms with Gasteiger partial charge in [-0.15, -0.1) is 0 Å². The second kappa shape index (κ2) is 8.87. The molecule has 0 aliphatic carbocycles. The monoisotopic (exact) mass is 340 g/mol. The van der Waals surface area contributed by atoms with Crippen LogP contribution < -0.4 is 15.8 Å². The lowest BCUT2D eigenvalue weighted by molar-refractivity contribution is -0.129. The highest BCUT2D eigenvalue weighted by Gasteiger charge is 2.20. The van der Waals surface area contributed by atoms with Gasteiger partial charge >= 0.3 is 0 Å². The highest BCUT2D eigenvalue weighted by molar-refractivity contribution is 5.87. The van der Waals surface area contributed by atoms with E-state index in [9.17, 15) is 9.59 Å². The van der Waals surface area contributed by atoms with Crippen molar-refractivity contribution in [3.05, 3.63) is 65.7 Å². The van der Waals surface area contributed by atoms with Gasteiger partial charge in [-0.2, -0.15) is 0 Å². The van der Waals surface area contributed by atoms with E-state index < -0.39 is 11.9 Å². The summed E-state index contributed by atoms with van der Waals surface area (Å²) in [4.78, 5) is 23.5. The van der Waals surface area contributed by atoms with Crippen molar-refractivity contribution in [3.63, 3.8) is 0 Å². The lowest BCUT2D eigenvalue weighted by atomic mass is 10.0. The first-order chi connectivity index (χ1) is 12.0. The van der Waals surface area contributed by atoms with Crippen molar-refractivity contribution < 1.29 is 14.3 Å². The van der Waals surface area contributed by atoms with Gasteiger partial charge in [-0.05, 0) is 23.3 Å². The van der Waals surface area contributed by atoms with Crippen molar-refractivity contribution in [3.8, 4) is 5.75 Å². The van der Waals surface area contributed by atoms with Crippen LogP contribution >= 0.6 is 0 Å². The fourth-order valence-corrected chi connectivity index (χ4v) is 2.30. The predicted molar refractivity (Wildman–Crippen MR) is 96.9 cm³/mol. The van der Waals surface area contributed by atoms with E-state index in [1.54, 1.807) is 13.8 Å². The Hall–Kier alpha value is -2.82. The molecule has 1 atom stereocenters. The molecule has 0 unspecified atom stereocenters. The molecule has 2 amide bonds. The molecule has 5 heteroatoms. The summed E-state index contributed by atoms with van der Waals surface area (Å²) in [5.41, 5.74) is 7.37. The summed E-state index contributed by atoms with van der Waals surface area (Å²) in [6.45, 7) is 4.00. The van der Waals surface area contributed by atoms with Crippen molar-refractivity contribution in [1.29, 1.82) is 0 Å². The Bertz CT molecular complexity index is 714. The first-order valence-corrected chi connectivity index (χ1v) is 8.31. The molecule has 0 aromatic heterocycles. The maximum absolute atomic E-state index is 11.8. The number of benzene rings is 2. The molecule has 0 spiro atoms. The van der Waals surface area contributed by atoms with Gasteiger partial charge in [0, 0.05) is 12.3 Å². The number of ether oxygens (including phenoxy) is 1. The van der Waals surface area contributed by atoms with Crippen LogP contribution in [0.25, 0.3) is 0 Å². The number of amides is 2. The molecule has 0 radical (unpaired) electrons. The number of rotatable bonds is 8. The van der Waals surface area contributed by atoms with Crippen LogP contribution in [0.2, 0.25) is 0 Å². The fraction of sp³-hybridized carbons (Fsp3) is 0.300. The molecule has 2 aromatic rings. The third-order valence-corrected chi connectivity index (χ3v) is 3.77. The van der Waals surface area contributed by atoms with Crippen LogP contribution in [0, 0.1) is 5.92 Å². The minimum Gasteiger partial charge on any atom is -0.489 e. The summed E-state index contributed by atoms with van der Waals surface area (Å²) in [6, 6.07) is 16.6. The molecule has 132 valence electrons. The molecule has 3 N–H and O–H groups in total. The molecule has 0 aliphatic heterocycles. The van der Waals surface area contributed by atoms with Crippen LogP contribution in [0.4, 0.5) is 0 Å². The van der Waals surface area contributed by atoms with Crippen molar-refractivity contribution in [1.82, 2.24) is 5.32 Å². The Balaban J connectivity index is 2.01. The Morgan fingerprint density at radius 2 is 1.72 bits per heavy atom. The molecular weight excluding hydrogens is 316 g/mol. The summed E-state index contributed by atoms with van der Waals surface area (Å²) in [7, 11) is 0. The Morgan fingerprint density at radius 3 is 2.36 bits per heavy atom. The average molecular weight is 340 g/mol. The predicted octanol–water partition coefficient (Wildman–Crippen LogP) is 2.43. The minimum atomic E-state index is -0.737. The highest BCUT2D eigenvalue weighted by Crippen LogP contribution is 2.16. The van der Waals surface area contributed by atoms with Gasteiger partial charge in [0.15, 0.2) is 0 Å². The summed E-state index contributed by atoms with van der Waals surface area (Å²) >= 11 is 0. The van der Waals surface area contributed by atoms with Crippen LogP contribution in [-0.4, -0.2) is 17.9 Å². The van der Waals surface area contributed by atoms with E-state index in [0.29, 0.717) is 18.8 Å². The number of carbonyl (C=O) groups excluding carboxylic acids is 2. The second-order valence-electron chi connectivity index (χ2n) is 6.24. The number of nitrogens with two attached hydrogens (primary N) is 1. The molecule has 0 bridgehead atoms. The number of carbonyl (C=O) groups is 2. The zero-order chi connectivity index (χ0) is 18.2. The lowest BCUT2D eigenvalue weighted by Gasteiger charge is -2.17. The normalized spacial score (nSPS) is 11.8. The quantitative estimate of drug-likeness (QED) is 0.774. The van der Waals surface area contributed by atoms with Crippen LogP contribution in [-0.2, 0) is 22.6 Å². The molecule has 2 aromatic carbocycles. The second-order valence-corrected chi connectivity index (χ2v) is 6.24. The average Bonchev–Trinajstić information content (AvgIpc) is 2.60. The standard InChI is InChI=1S/C20H24N2O3/c1-14(2)20(24)22-18(19(21)23)12-16-9-6-10-17(11-16)25-13-15-7-4-3-5-8-15/h3-11,14,18H,12-13H2,1-2H3,(H2,21,23)(H,22,24)/t18-/m1/s1. The molecule has 2 rings (SSSR count). The van der Waals surface area contributed by atoms with Gasteiger partial charge < -0.3 is 15.8 Å². The lowest BCUT2D eigenvalue weighted by Crippen LogP contribution is -2.47. The Morgan fingerprint density at radius 1 is 1.04 bits per heavy atom. The largest absolute Gasteiger partial charge is 0.489 e. The molecule has 0 saturated heterocycles. The number of primary amides is 1. The topological polar surface area (TPSA) is 81.4 Å². The molecule has 0 fully saturated rings. The van der Waals surface area contributed by atoms with Crippen molar-refractivity contribution in [2.24, 2.45) is 11.7 Å². The van der Waals surface area contributed by atoms with Crippen molar-refractivity contribution in [2.45, 2.75) is 32.9 Å². The van der Waals surface area contributed by atoms with Crippen LogP contribution in [0.15, 0.2) is 54.6 Å². The van der Waals surface area contributed by atoms with E-state index in [-0.39, 0.29) is 11.8 Å². The molecule has 0 aliphatic rings. The molecule has 5 nitrogen and oxygen atoms in total. The fourth-order valence-electron chi connectivity index (χ4n) is 2.30. The molecular formula is C20H24N2O3. The van der Waals surface area contributed by atoms with E-state index in [0.717, 1.165) is 11.1 Å².